The number of para-hydroxylation sites is 1. The predicted octanol–water partition coefficient (Wildman–Crippen LogP) is 4.00. The zero-order chi connectivity index (χ0) is 14.0. The Balaban J connectivity index is 2.10. The van der Waals surface area contributed by atoms with Gasteiger partial charge in [0.2, 0.25) is 0 Å². The van der Waals surface area contributed by atoms with Crippen LogP contribution in [-0.4, -0.2) is 18.2 Å². The van der Waals surface area contributed by atoms with Gasteiger partial charge in [-0.05, 0) is 37.2 Å². The van der Waals surface area contributed by atoms with Crippen LogP contribution in [-0.2, 0) is 0 Å². The molecule has 1 aliphatic heterocycles. The first-order valence-electron chi connectivity index (χ1n) is 7.41. The Hall–Kier alpha value is -1.02. The summed E-state index contributed by atoms with van der Waals surface area (Å²) in [5.74, 6) is 0.808. The fourth-order valence-corrected chi connectivity index (χ4v) is 3.12. The zero-order valence-electron chi connectivity index (χ0n) is 12.7. The van der Waals surface area contributed by atoms with Crippen LogP contribution in [0, 0.1) is 11.3 Å². The van der Waals surface area contributed by atoms with E-state index in [4.69, 9.17) is 0 Å². The van der Waals surface area contributed by atoms with Gasteiger partial charge in [-0.15, -0.1) is 0 Å². The second kappa shape index (κ2) is 5.54. The highest BCUT2D eigenvalue weighted by atomic mass is 16.3. The quantitative estimate of drug-likeness (QED) is 0.869. The van der Waals surface area contributed by atoms with E-state index in [1.807, 2.05) is 19.1 Å². The lowest BCUT2D eigenvalue weighted by molar-refractivity contribution is 0.193. The average molecular weight is 261 g/mol. The molecular weight excluding hydrogens is 234 g/mol. The number of nitrogens with zero attached hydrogens (tertiary/aromatic N) is 1. The zero-order valence-corrected chi connectivity index (χ0v) is 12.7. The van der Waals surface area contributed by atoms with Gasteiger partial charge in [0, 0.05) is 24.3 Å². The largest absolute Gasteiger partial charge is 0.389 e. The summed E-state index contributed by atoms with van der Waals surface area (Å²) < 4.78 is 0. The summed E-state index contributed by atoms with van der Waals surface area (Å²) in [4.78, 5) is 2.43. The number of aliphatic hydroxyl groups excluding tert-OH is 1. The second-order valence-corrected chi connectivity index (χ2v) is 6.86. The Labute approximate surface area is 117 Å². The van der Waals surface area contributed by atoms with Crippen molar-refractivity contribution in [3.8, 4) is 0 Å². The summed E-state index contributed by atoms with van der Waals surface area (Å²) >= 11 is 0. The standard InChI is InChI=1S/C17H27NO/c1-13(19)15-7-5-6-8-16(15)18-11-9-14(10-12-18)17(2,3)4/h5-8,13-14,19H,9-12H2,1-4H3/t13-/m0/s1. The molecular formula is C17H27NO. The normalized spacial score (nSPS) is 19.5. The highest BCUT2D eigenvalue weighted by Crippen LogP contribution is 2.36. The maximum Gasteiger partial charge on any atom is 0.0781 e. The summed E-state index contributed by atoms with van der Waals surface area (Å²) in [5.41, 5.74) is 2.68. The Morgan fingerprint density at radius 3 is 2.26 bits per heavy atom. The lowest BCUT2D eigenvalue weighted by Crippen LogP contribution is -2.38. The highest BCUT2D eigenvalue weighted by Gasteiger charge is 2.29. The van der Waals surface area contributed by atoms with Crippen molar-refractivity contribution in [2.75, 3.05) is 18.0 Å². The Morgan fingerprint density at radius 2 is 1.74 bits per heavy atom. The van der Waals surface area contributed by atoms with Crippen molar-refractivity contribution in [3.05, 3.63) is 29.8 Å². The second-order valence-electron chi connectivity index (χ2n) is 6.86. The number of rotatable bonds is 2. The maximum absolute atomic E-state index is 9.89. The first-order valence-corrected chi connectivity index (χ1v) is 7.41. The number of benzene rings is 1. The molecule has 106 valence electrons. The van der Waals surface area contributed by atoms with E-state index in [1.54, 1.807) is 0 Å². The first-order chi connectivity index (χ1) is 8.89. The molecule has 2 nitrogen and oxygen atoms in total. The predicted molar refractivity (Wildman–Crippen MR) is 81.5 cm³/mol. The van der Waals surface area contributed by atoms with Gasteiger partial charge >= 0.3 is 0 Å². The van der Waals surface area contributed by atoms with E-state index < -0.39 is 6.10 Å². The minimum Gasteiger partial charge on any atom is -0.389 e. The van der Waals surface area contributed by atoms with Crippen molar-refractivity contribution < 1.29 is 5.11 Å². The van der Waals surface area contributed by atoms with Crippen LogP contribution in [0.1, 0.15) is 52.2 Å². The first kappa shape index (κ1) is 14.4. The highest BCUT2D eigenvalue weighted by molar-refractivity contribution is 5.54. The molecule has 0 amide bonds. The van der Waals surface area contributed by atoms with Crippen LogP contribution < -0.4 is 4.90 Å². The molecule has 1 aliphatic rings. The van der Waals surface area contributed by atoms with Crippen LogP contribution >= 0.6 is 0 Å². The number of anilines is 1. The molecule has 1 aromatic rings. The summed E-state index contributed by atoms with van der Waals surface area (Å²) in [7, 11) is 0. The fraction of sp³-hybridized carbons (Fsp3) is 0.647. The molecule has 0 unspecified atom stereocenters. The Kier molecular flexibility index (Phi) is 4.19. The van der Waals surface area contributed by atoms with E-state index in [0.29, 0.717) is 5.41 Å². The molecule has 0 radical (unpaired) electrons. The molecule has 0 bridgehead atoms. The number of hydrogen-bond acceptors (Lipinski definition) is 2. The molecule has 1 aromatic carbocycles. The van der Waals surface area contributed by atoms with Crippen molar-refractivity contribution in [3.63, 3.8) is 0 Å². The molecule has 1 fully saturated rings. The molecule has 2 rings (SSSR count). The lowest BCUT2D eigenvalue weighted by atomic mass is 9.75. The van der Waals surface area contributed by atoms with Crippen LogP contribution in [0.2, 0.25) is 0 Å². The molecule has 1 saturated heterocycles. The number of hydrogen-bond donors (Lipinski definition) is 1. The van der Waals surface area contributed by atoms with Gasteiger partial charge in [0.25, 0.3) is 0 Å². The summed E-state index contributed by atoms with van der Waals surface area (Å²) in [6, 6.07) is 8.25. The van der Waals surface area contributed by atoms with Crippen molar-refractivity contribution in [2.24, 2.45) is 11.3 Å². The topological polar surface area (TPSA) is 23.5 Å². The van der Waals surface area contributed by atoms with Crippen LogP contribution in [0.4, 0.5) is 5.69 Å². The third-order valence-corrected chi connectivity index (χ3v) is 4.45. The van der Waals surface area contributed by atoms with Crippen LogP contribution in [0.5, 0.6) is 0 Å². The van der Waals surface area contributed by atoms with E-state index in [2.05, 4.69) is 37.8 Å². The SMILES string of the molecule is C[C@H](O)c1ccccc1N1CCC(C(C)(C)C)CC1. The number of piperidine rings is 1. The van der Waals surface area contributed by atoms with E-state index in [1.165, 1.54) is 18.5 Å². The van der Waals surface area contributed by atoms with E-state index in [0.717, 1.165) is 24.6 Å². The maximum atomic E-state index is 9.89. The molecule has 2 heteroatoms. The fourth-order valence-electron chi connectivity index (χ4n) is 3.12. The van der Waals surface area contributed by atoms with Gasteiger partial charge in [0.05, 0.1) is 6.10 Å². The van der Waals surface area contributed by atoms with Crippen molar-refractivity contribution in [1.82, 2.24) is 0 Å². The van der Waals surface area contributed by atoms with Crippen LogP contribution in [0.25, 0.3) is 0 Å². The van der Waals surface area contributed by atoms with Crippen molar-refractivity contribution in [2.45, 2.75) is 46.6 Å². The summed E-state index contributed by atoms with van der Waals surface area (Å²) in [6.45, 7) is 11.1. The molecule has 0 aliphatic carbocycles. The van der Waals surface area contributed by atoms with Crippen LogP contribution in [0.3, 0.4) is 0 Å². The molecule has 0 saturated carbocycles. The summed E-state index contributed by atoms with van der Waals surface area (Å²) in [6.07, 6.45) is 2.10. The number of aliphatic hydroxyl groups is 1. The molecule has 19 heavy (non-hydrogen) atoms. The monoisotopic (exact) mass is 261 g/mol. The van der Waals surface area contributed by atoms with Gasteiger partial charge in [0.15, 0.2) is 0 Å². The van der Waals surface area contributed by atoms with Gasteiger partial charge in [-0.3, -0.25) is 0 Å². The lowest BCUT2D eigenvalue weighted by Gasteiger charge is -2.40. The minimum atomic E-state index is -0.392. The van der Waals surface area contributed by atoms with Gasteiger partial charge < -0.3 is 10.0 Å². The Bertz CT molecular complexity index is 412. The third kappa shape index (κ3) is 3.30. The summed E-state index contributed by atoms with van der Waals surface area (Å²) in [5, 5.41) is 9.89. The molecule has 0 aromatic heterocycles. The van der Waals surface area contributed by atoms with Crippen molar-refractivity contribution >= 4 is 5.69 Å². The smallest absolute Gasteiger partial charge is 0.0781 e. The Morgan fingerprint density at radius 1 is 1.16 bits per heavy atom. The van der Waals surface area contributed by atoms with Crippen LogP contribution in [0.15, 0.2) is 24.3 Å². The molecule has 0 spiro atoms. The van der Waals surface area contributed by atoms with Gasteiger partial charge in [0.1, 0.15) is 0 Å². The molecule has 1 heterocycles. The van der Waals surface area contributed by atoms with Gasteiger partial charge in [-0.25, -0.2) is 0 Å². The van der Waals surface area contributed by atoms with Crippen molar-refractivity contribution in [1.29, 1.82) is 0 Å². The third-order valence-electron chi connectivity index (χ3n) is 4.45. The average Bonchev–Trinajstić information content (AvgIpc) is 2.38. The van der Waals surface area contributed by atoms with E-state index in [-0.39, 0.29) is 0 Å². The minimum absolute atomic E-state index is 0.392. The molecule has 1 atom stereocenters. The van der Waals surface area contributed by atoms with Gasteiger partial charge in [-0.2, -0.15) is 0 Å². The van der Waals surface area contributed by atoms with E-state index in [9.17, 15) is 5.11 Å². The van der Waals surface area contributed by atoms with E-state index >= 15 is 0 Å². The van der Waals surface area contributed by atoms with Gasteiger partial charge in [-0.1, -0.05) is 39.0 Å². The molecule has 1 N–H and O–H groups in total.